The van der Waals surface area contributed by atoms with Crippen LogP contribution in [-0.2, 0) is 28.6 Å². The molecule has 164 valence electrons. The van der Waals surface area contributed by atoms with Gasteiger partial charge >= 0.3 is 17.9 Å². The van der Waals surface area contributed by atoms with Crippen molar-refractivity contribution in [2.45, 2.75) is 75.7 Å². The molecule has 0 aromatic rings. The van der Waals surface area contributed by atoms with Crippen LogP contribution in [0.25, 0.3) is 0 Å². The van der Waals surface area contributed by atoms with Crippen LogP contribution >= 0.6 is 0 Å². The lowest BCUT2D eigenvalue weighted by Gasteiger charge is -2.25. The Hall–Kier alpha value is -1.59. The van der Waals surface area contributed by atoms with Crippen molar-refractivity contribution >= 4 is 17.9 Å². The van der Waals surface area contributed by atoms with E-state index in [4.69, 9.17) is 14.2 Å². The summed E-state index contributed by atoms with van der Waals surface area (Å²) in [5.41, 5.74) is -0.596. The number of rotatable bonds is 8. The van der Waals surface area contributed by atoms with Crippen LogP contribution in [0, 0.1) is 28.1 Å². The van der Waals surface area contributed by atoms with Gasteiger partial charge in [-0.25, -0.2) is 0 Å². The molecule has 0 amide bonds. The first-order chi connectivity index (χ1) is 12.4. The van der Waals surface area contributed by atoms with Crippen molar-refractivity contribution in [1.29, 1.82) is 0 Å². The Morgan fingerprint density at radius 1 is 0.643 bits per heavy atom. The zero-order valence-electron chi connectivity index (χ0n) is 19.4. The fourth-order valence-corrected chi connectivity index (χ4v) is 1.98. The van der Waals surface area contributed by atoms with E-state index >= 15 is 0 Å². The van der Waals surface area contributed by atoms with Gasteiger partial charge < -0.3 is 14.2 Å². The molecule has 28 heavy (non-hydrogen) atoms. The van der Waals surface area contributed by atoms with Crippen molar-refractivity contribution in [1.82, 2.24) is 0 Å². The van der Waals surface area contributed by atoms with Crippen molar-refractivity contribution in [3.05, 3.63) is 0 Å². The molecule has 6 nitrogen and oxygen atoms in total. The fourth-order valence-electron chi connectivity index (χ4n) is 1.98. The van der Waals surface area contributed by atoms with Crippen LogP contribution in [-0.4, -0.2) is 37.7 Å². The minimum Gasteiger partial charge on any atom is -0.465 e. The van der Waals surface area contributed by atoms with E-state index in [0.717, 1.165) is 0 Å². The summed E-state index contributed by atoms with van der Waals surface area (Å²) in [6, 6.07) is 0. The summed E-state index contributed by atoms with van der Waals surface area (Å²) in [6.07, 6.45) is -0.217. The van der Waals surface area contributed by atoms with E-state index in [1.165, 1.54) is 0 Å². The van der Waals surface area contributed by atoms with E-state index in [1.54, 1.807) is 6.92 Å². The van der Waals surface area contributed by atoms with Crippen LogP contribution in [0.5, 0.6) is 0 Å². The maximum Gasteiger partial charge on any atom is 0.310 e. The lowest BCUT2D eigenvalue weighted by Crippen LogP contribution is -2.35. The maximum absolute atomic E-state index is 12.6. The van der Waals surface area contributed by atoms with Crippen LogP contribution in [0.15, 0.2) is 0 Å². The summed E-state index contributed by atoms with van der Waals surface area (Å²) >= 11 is 0. The van der Waals surface area contributed by atoms with Gasteiger partial charge in [-0.2, -0.15) is 0 Å². The molecular weight excluding hydrogens is 360 g/mol. The molecule has 0 heterocycles. The molecule has 0 saturated heterocycles. The van der Waals surface area contributed by atoms with Crippen LogP contribution in [0.2, 0.25) is 0 Å². The molecule has 0 bridgehead atoms. The molecule has 2 atom stereocenters. The number of hydrogen-bond acceptors (Lipinski definition) is 6. The summed E-state index contributed by atoms with van der Waals surface area (Å²) in [4.78, 5) is 37.4. The second-order valence-corrected chi connectivity index (χ2v) is 11.2. The molecule has 0 aliphatic rings. The van der Waals surface area contributed by atoms with Crippen LogP contribution in [0.3, 0.4) is 0 Å². The Kier molecular flexibility index (Phi) is 9.68. The molecule has 0 saturated carbocycles. The second-order valence-electron chi connectivity index (χ2n) is 11.2. The van der Waals surface area contributed by atoms with E-state index in [2.05, 4.69) is 0 Å². The van der Waals surface area contributed by atoms with Gasteiger partial charge in [-0.15, -0.1) is 0 Å². The van der Waals surface area contributed by atoms with Gasteiger partial charge in [0.15, 0.2) is 0 Å². The molecule has 0 aromatic heterocycles. The summed E-state index contributed by atoms with van der Waals surface area (Å²) in [5.74, 6) is -3.37. The Labute approximate surface area is 170 Å². The van der Waals surface area contributed by atoms with E-state index in [1.807, 2.05) is 62.3 Å². The monoisotopic (exact) mass is 400 g/mol. The average Bonchev–Trinajstić information content (AvgIpc) is 2.50. The van der Waals surface area contributed by atoms with Gasteiger partial charge in [0.25, 0.3) is 0 Å². The quantitative estimate of drug-likeness (QED) is 0.444. The molecule has 2 unspecified atom stereocenters. The molecule has 0 radical (unpaired) electrons. The average molecular weight is 401 g/mol. The van der Waals surface area contributed by atoms with E-state index in [0.29, 0.717) is 0 Å². The zero-order valence-corrected chi connectivity index (χ0v) is 19.4. The summed E-state index contributed by atoms with van der Waals surface area (Å²) < 4.78 is 16.0. The van der Waals surface area contributed by atoms with Gasteiger partial charge in [0.05, 0.1) is 38.1 Å². The summed E-state index contributed by atoms with van der Waals surface area (Å²) in [5, 5.41) is 0. The smallest absolute Gasteiger partial charge is 0.310 e. The summed E-state index contributed by atoms with van der Waals surface area (Å²) in [7, 11) is 0. The molecule has 0 rings (SSSR count). The first-order valence-electron chi connectivity index (χ1n) is 9.90. The number of hydrogen-bond donors (Lipinski definition) is 0. The lowest BCUT2D eigenvalue weighted by atomic mass is 9.90. The van der Waals surface area contributed by atoms with Crippen LogP contribution < -0.4 is 0 Å². The first kappa shape index (κ1) is 26.4. The molecular formula is C22H40O6. The van der Waals surface area contributed by atoms with Gasteiger partial charge in [0, 0.05) is 0 Å². The van der Waals surface area contributed by atoms with Gasteiger partial charge in [-0.3, -0.25) is 14.4 Å². The maximum atomic E-state index is 12.6. The number of esters is 3. The number of carbonyl (C=O) groups is 3. The van der Waals surface area contributed by atoms with Gasteiger partial charge in [0.1, 0.15) is 0 Å². The predicted octanol–water partition coefficient (Wildman–Crippen LogP) is 4.40. The van der Waals surface area contributed by atoms with Crippen molar-refractivity contribution in [2.75, 3.05) is 19.8 Å². The standard InChI is InChI=1S/C22H40O6/c1-15(18(24)27-13-21(5,6)7)16(19(25)28-14-22(8,9)10)11-17(23)26-12-20(2,3)4/h15-16H,11-14H2,1-10H3. The second kappa shape index (κ2) is 10.3. The Morgan fingerprint density at radius 2 is 1.00 bits per heavy atom. The highest BCUT2D eigenvalue weighted by atomic mass is 16.5. The largest absolute Gasteiger partial charge is 0.465 e. The van der Waals surface area contributed by atoms with Crippen molar-refractivity contribution in [3.63, 3.8) is 0 Å². The molecule has 0 aliphatic carbocycles. The van der Waals surface area contributed by atoms with E-state index in [-0.39, 0.29) is 42.5 Å². The fraction of sp³-hybridized carbons (Fsp3) is 0.864. The van der Waals surface area contributed by atoms with Crippen LogP contribution in [0.1, 0.15) is 75.7 Å². The molecule has 0 spiro atoms. The molecule has 0 N–H and O–H groups in total. The first-order valence-corrected chi connectivity index (χ1v) is 9.90. The topological polar surface area (TPSA) is 78.9 Å². The summed E-state index contributed by atoms with van der Waals surface area (Å²) in [6.45, 7) is 19.7. The van der Waals surface area contributed by atoms with Gasteiger partial charge in [-0.1, -0.05) is 69.2 Å². The SMILES string of the molecule is CC(C(=O)OCC(C)(C)C)C(CC(=O)OCC(C)(C)C)C(=O)OCC(C)(C)C. The third kappa shape index (κ3) is 12.7. The Bertz CT molecular complexity index is 531. The zero-order chi connectivity index (χ0) is 22.3. The third-order valence-corrected chi connectivity index (χ3v) is 3.63. The minimum atomic E-state index is -0.942. The highest BCUT2D eigenvalue weighted by Gasteiger charge is 2.36. The Morgan fingerprint density at radius 3 is 1.39 bits per heavy atom. The molecule has 0 aromatic carbocycles. The van der Waals surface area contributed by atoms with Crippen molar-refractivity contribution < 1.29 is 28.6 Å². The van der Waals surface area contributed by atoms with Gasteiger partial charge in [-0.05, 0) is 16.2 Å². The minimum absolute atomic E-state index is 0.185. The van der Waals surface area contributed by atoms with E-state index in [9.17, 15) is 14.4 Å². The Balaban J connectivity index is 5.17. The molecule has 0 aliphatic heterocycles. The van der Waals surface area contributed by atoms with E-state index < -0.39 is 29.7 Å². The van der Waals surface area contributed by atoms with Crippen molar-refractivity contribution in [3.8, 4) is 0 Å². The third-order valence-electron chi connectivity index (χ3n) is 3.63. The predicted molar refractivity (Wildman–Crippen MR) is 109 cm³/mol. The highest BCUT2D eigenvalue weighted by Crippen LogP contribution is 2.24. The normalized spacial score (nSPS) is 14.8. The van der Waals surface area contributed by atoms with Crippen molar-refractivity contribution in [2.24, 2.45) is 28.1 Å². The number of carbonyl (C=O) groups excluding carboxylic acids is 3. The molecule has 6 heteroatoms. The van der Waals surface area contributed by atoms with Gasteiger partial charge in [0.2, 0.25) is 0 Å². The van der Waals surface area contributed by atoms with Crippen LogP contribution in [0.4, 0.5) is 0 Å². The number of ether oxygens (including phenoxy) is 3. The highest BCUT2D eigenvalue weighted by molar-refractivity contribution is 5.85. The molecule has 0 fully saturated rings. The lowest BCUT2D eigenvalue weighted by molar-refractivity contribution is -0.166.